The highest BCUT2D eigenvalue weighted by Gasteiger charge is 2.31. The van der Waals surface area contributed by atoms with Crippen molar-refractivity contribution in [3.63, 3.8) is 0 Å². The van der Waals surface area contributed by atoms with Crippen LogP contribution in [-0.4, -0.2) is 31.1 Å². The van der Waals surface area contributed by atoms with Crippen molar-refractivity contribution in [2.45, 2.75) is 46.1 Å². The van der Waals surface area contributed by atoms with E-state index in [1.807, 2.05) is 6.07 Å². The number of esters is 1. The average Bonchev–Trinajstić information content (AvgIpc) is 2.96. The van der Waals surface area contributed by atoms with Gasteiger partial charge in [0, 0.05) is 0 Å². The minimum Gasteiger partial charge on any atom is -0.463 e. The van der Waals surface area contributed by atoms with E-state index in [9.17, 15) is 4.79 Å². The van der Waals surface area contributed by atoms with Gasteiger partial charge >= 0.3 is 5.97 Å². The molecule has 0 saturated carbocycles. The molecule has 1 unspecified atom stereocenters. The van der Waals surface area contributed by atoms with Gasteiger partial charge in [-0.25, -0.2) is 4.79 Å². The molecule has 0 aromatic carbocycles. The number of hydrogen-bond donors (Lipinski definition) is 0. The van der Waals surface area contributed by atoms with Crippen molar-refractivity contribution >= 4 is 5.97 Å². The number of rotatable bonds is 4. The molecule has 1 aromatic heterocycles. The molecule has 1 saturated heterocycles. The van der Waals surface area contributed by atoms with Gasteiger partial charge in [-0.1, -0.05) is 20.3 Å². The fourth-order valence-corrected chi connectivity index (χ4v) is 2.77. The summed E-state index contributed by atoms with van der Waals surface area (Å²) < 4.78 is 10.3. The number of carbonyl (C=O) groups is 1. The van der Waals surface area contributed by atoms with Gasteiger partial charge in [0.15, 0.2) is 0 Å². The summed E-state index contributed by atoms with van der Waals surface area (Å²) in [6, 6.07) is 3.78. The van der Waals surface area contributed by atoms with Crippen LogP contribution in [0, 0.1) is 5.41 Å². The fourth-order valence-electron chi connectivity index (χ4n) is 2.77. The first-order valence-electron chi connectivity index (χ1n) is 7.41. The van der Waals surface area contributed by atoms with Crippen LogP contribution in [0.25, 0.3) is 0 Å². The van der Waals surface area contributed by atoms with Crippen molar-refractivity contribution in [1.29, 1.82) is 0 Å². The van der Waals surface area contributed by atoms with Crippen LogP contribution >= 0.6 is 0 Å². The lowest BCUT2D eigenvalue weighted by atomic mass is 9.78. The molecule has 112 valence electrons. The van der Waals surface area contributed by atoms with Gasteiger partial charge in [0.25, 0.3) is 0 Å². The maximum Gasteiger partial charge on any atom is 0.373 e. The van der Waals surface area contributed by atoms with E-state index < -0.39 is 5.97 Å². The molecule has 0 N–H and O–H groups in total. The second kappa shape index (κ2) is 6.00. The highest BCUT2D eigenvalue weighted by atomic mass is 16.5. The predicted octanol–water partition coefficient (Wildman–Crippen LogP) is 3.64. The molecule has 1 aliphatic heterocycles. The Kier molecular flexibility index (Phi) is 4.53. The summed E-state index contributed by atoms with van der Waals surface area (Å²) in [6.07, 6.45) is 3.68. The largest absolute Gasteiger partial charge is 0.463 e. The Labute approximate surface area is 121 Å². The summed E-state index contributed by atoms with van der Waals surface area (Å²) in [5.41, 5.74) is 0.483. The molecule has 4 heteroatoms. The van der Waals surface area contributed by atoms with E-state index in [0.29, 0.717) is 5.41 Å². The molecule has 0 spiro atoms. The van der Waals surface area contributed by atoms with E-state index in [1.54, 1.807) is 6.07 Å². The van der Waals surface area contributed by atoms with Crippen molar-refractivity contribution in [2.75, 3.05) is 20.2 Å². The first-order valence-corrected chi connectivity index (χ1v) is 7.41. The Morgan fingerprint density at radius 1 is 1.45 bits per heavy atom. The molecule has 0 bridgehead atoms. The standard InChI is InChI=1S/C16H25NO3/c1-5-16(3)8-10-17(11-9-16)12(2)13-6-7-14(20-13)15(18)19-4/h6-7,12H,5,8-11H2,1-4H3. The van der Waals surface area contributed by atoms with E-state index in [2.05, 4.69) is 30.4 Å². The minimum absolute atomic E-state index is 0.204. The second-order valence-corrected chi connectivity index (χ2v) is 6.07. The highest BCUT2D eigenvalue weighted by Crippen LogP contribution is 2.37. The number of likely N-dealkylation sites (tertiary alicyclic amines) is 1. The number of carbonyl (C=O) groups excluding carboxylic acids is 1. The quantitative estimate of drug-likeness (QED) is 0.789. The number of hydrogen-bond acceptors (Lipinski definition) is 4. The molecule has 1 aliphatic rings. The summed E-state index contributed by atoms with van der Waals surface area (Å²) in [4.78, 5) is 13.8. The summed E-state index contributed by atoms with van der Waals surface area (Å²) in [5.74, 6) is 0.705. The van der Waals surface area contributed by atoms with Crippen LogP contribution in [0.2, 0.25) is 0 Å². The molecule has 1 fully saturated rings. The number of methoxy groups -OCH3 is 1. The summed E-state index contributed by atoms with van der Waals surface area (Å²) >= 11 is 0. The smallest absolute Gasteiger partial charge is 0.373 e. The Morgan fingerprint density at radius 3 is 2.65 bits per heavy atom. The molecule has 20 heavy (non-hydrogen) atoms. The summed E-state index contributed by atoms with van der Waals surface area (Å²) in [7, 11) is 1.37. The first kappa shape index (κ1) is 15.1. The Morgan fingerprint density at radius 2 is 2.10 bits per heavy atom. The van der Waals surface area contributed by atoms with Gasteiger partial charge in [-0.3, -0.25) is 4.90 Å². The Hall–Kier alpha value is -1.29. The number of furan rings is 1. The third-order valence-electron chi connectivity index (χ3n) is 4.83. The van der Waals surface area contributed by atoms with Crippen molar-refractivity contribution in [3.8, 4) is 0 Å². The number of ether oxygens (including phenoxy) is 1. The predicted molar refractivity (Wildman–Crippen MR) is 77.7 cm³/mol. The molecule has 0 radical (unpaired) electrons. The van der Waals surface area contributed by atoms with Gasteiger partial charge in [0.2, 0.25) is 5.76 Å². The zero-order valence-electron chi connectivity index (χ0n) is 12.9. The van der Waals surface area contributed by atoms with Crippen LogP contribution in [0.15, 0.2) is 16.5 Å². The fraction of sp³-hybridized carbons (Fsp3) is 0.688. The zero-order valence-corrected chi connectivity index (χ0v) is 12.9. The lowest BCUT2D eigenvalue weighted by Crippen LogP contribution is -2.39. The molecule has 4 nitrogen and oxygen atoms in total. The van der Waals surface area contributed by atoms with Gasteiger partial charge in [-0.2, -0.15) is 0 Å². The number of piperidine rings is 1. The summed E-state index contributed by atoms with van der Waals surface area (Å²) in [6.45, 7) is 8.94. The maximum atomic E-state index is 11.4. The lowest BCUT2D eigenvalue weighted by molar-refractivity contribution is 0.0548. The van der Waals surface area contributed by atoms with Gasteiger partial charge in [-0.05, 0) is 50.4 Å². The van der Waals surface area contributed by atoms with Crippen molar-refractivity contribution in [1.82, 2.24) is 4.90 Å². The SMILES string of the molecule is CCC1(C)CCN(C(C)c2ccc(C(=O)OC)o2)CC1. The maximum absolute atomic E-state index is 11.4. The Balaban J connectivity index is 2.00. The van der Waals surface area contributed by atoms with Crippen LogP contribution in [0.3, 0.4) is 0 Å². The van der Waals surface area contributed by atoms with Gasteiger partial charge in [0.1, 0.15) is 5.76 Å². The summed E-state index contributed by atoms with van der Waals surface area (Å²) in [5, 5.41) is 0. The van der Waals surface area contributed by atoms with Crippen LogP contribution in [0.1, 0.15) is 62.4 Å². The van der Waals surface area contributed by atoms with Gasteiger partial charge in [-0.15, -0.1) is 0 Å². The molecule has 2 heterocycles. The second-order valence-electron chi connectivity index (χ2n) is 6.07. The minimum atomic E-state index is -0.416. The topological polar surface area (TPSA) is 42.7 Å². The van der Waals surface area contributed by atoms with Crippen molar-refractivity contribution < 1.29 is 13.9 Å². The molecular formula is C16H25NO3. The zero-order chi connectivity index (χ0) is 14.8. The lowest BCUT2D eigenvalue weighted by Gasteiger charge is -2.41. The van der Waals surface area contributed by atoms with Gasteiger partial charge in [0.05, 0.1) is 13.2 Å². The third-order valence-corrected chi connectivity index (χ3v) is 4.83. The average molecular weight is 279 g/mol. The Bertz CT molecular complexity index is 458. The molecule has 0 amide bonds. The molecule has 0 aliphatic carbocycles. The monoisotopic (exact) mass is 279 g/mol. The van der Waals surface area contributed by atoms with Crippen LogP contribution in [0.5, 0.6) is 0 Å². The normalized spacial score (nSPS) is 20.6. The highest BCUT2D eigenvalue weighted by molar-refractivity contribution is 5.86. The van der Waals surface area contributed by atoms with Gasteiger partial charge < -0.3 is 9.15 Å². The van der Waals surface area contributed by atoms with Crippen molar-refractivity contribution in [2.24, 2.45) is 5.41 Å². The van der Waals surface area contributed by atoms with E-state index >= 15 is 0 Å². The van der Waals surface area contributed by atoms with E-state index in [1.165, 1.54) is 26.4 Å². The van der Waals surface area contributed by atoms with Crippen LogP contribution < -0.4 is 0 Å². The molecular weight excluding hydrogens is 254 g/mol. The molecule has 1 aromatic rings. The van der Waals surface area contributed by atoms with E-state index in [0.717, 1.165) is 18.8 Å². The number of nitrogens with zero attached hydrogens (tertiary/aromatic N) is 1. The van der Waals surface area contributed by atoms with E-state index in [-0.39, 0.29) is 11.8 Å². The molecule has 2 rings (SSSR count). The van der Waals surface area contributed by atoms with Crippen LogP contribution in [-0.2, 0) is 4.74 Å². The van der Waals surface area contributed by atoms with E-state index in [4.69, 9.17) is 4.42 Å². The first-order chi connectivity index (χ1) is 9.49. The third kappa shape index (κ3) is 3.06. The molecule has 1 atom stereocenters. The van der Waals surface area contributed by atoms with Crippen molar-refractivity contribution in [3.05, 3.63) is 23.7 Å². The van der Waals surface area contributed by atoms with Crippen LogP contribution in [0.4, 0.5) is 0 Å².